The second-order valence-electron chi connectivity index (χ2n) is 13.2. The van der Waals surface area contributed by atoms with Crippen LogP contribution in [0.4, 0.5) is 0 Å². The van der Waals surface area contributed by atoms with Crippen molar-refractivity contribution in [3.63, 3.8) is 0 Å². The van der Waals surface area contributed by atoms with E-state index in [1.807, 2.05) is 6.07 Å². The summed E-state index contributed by atoms with van der Waals surface area (Å²) in [5.74, 6) is -0.531. The summed E-state index contributed by atoms with van der Waals surface area (Å²) in [5.41, 5.74) is 1.05. The molecule has 5 atom stereocenters. The minimum absolute atomic E-state index is 0.0164. The zero-order chi connectivity index (χ0) is 32.4. The van der Waals surface area contributed by atoms with E-state index in [0.29, 0.717) is 32.8 Å². The molecular formula is C32H39Cl2NO8Si. The highest BCUT2D eigenvalue weighted by atomic mass is 35.5. The highest BCUT2D eigenvalue weighted by molar-refractivity contribution is 6.74. The first kappa shape index (κ1) is 32.8. The molecule has 0 saturated carbocycles. The van der Waals surface area contributed by atoms with Gasteiger partial charge in [-0.1, -0.05) is 56.1 Å². The van der Waals surface area contributed by atoms with Crippen molar-refractivity contribution in [3.8, 4) is 11.5 Å². The molecule has 2 unspecified atom stereocenters. The lowest BCUT2D eigenvalue weighted by molar-refractivity contribution is -0.147. The normalized spacial score (nSPS) is 26.6. The number of nitrogens with one attached hydrogen (secondary N) is 1. The molecular weight excluding hydrogens is 625 g/mol. The van der Waals surface area contributed by atoms with Gasteiger partial charge in [0.2, 0.25) is 5.91 Å². The van der Waals surface area contributed by atoms with Crippen LogP contribution in [0.3, 0.4) is 0 Å². The summed E-state index contributed by atoms with van der Waals surface area (Å²) in [6.45, 7) is 11.8. The Morgan fingerprint density at radius 3 is 2.50 bits per heavy atom. The number of aliphatic hydroxyl groups is 2. The van der Waals surface area contributed by atoms with Crippen molar-refractivity contribution >= 4 is 49.0 Å². The zero-order valence-electron chi connectivity index (χ0n) is 25.9. The predicted octanol–water partition coefficient (Wildman–Crippen LogP) is 6.20. The lowest BCUT2D eigenvalue weighted by Crippen LogP contribution is -2.42. The van der Waals surface area contributed by atoms with Gasteiger partial charge in [0.05, 0.1) is 35.7 Å². The maximum absolute atomic E-state index is 13.3. The third-order valence-corrected chi connectivity index (χ3v) is 14.3. The summed E-state index contributed by atoms with van der Waals surface area (Å²) in [7, 11) is -0.979. The van der Waals surface area contributed by atoms with E-state index >= 15 is 0 Å². The van der Waals surface area contributed by atoms with Gasteiger partial charge in [-0.05, 0) is 47.5 Å². The van der Waals surface area contributed by atoms with Crippen molar-refractivity contribution in [2.75, 3.05) is 13.7 Å². The molecule has 238 valence electrons. The van der Waals surface area contributed by atoms with Crippen LogP contribution in [0.25, 0.3) is 5.57 Å². The molecule has 6 aliphatic rings. The number of hydrogen-bond acceptors (Lipinski definition) is 8. The van der Waals surface area contributed by atoms with Crippen LogP contribution in [0, 0.1) is 0 Å². The Balaban J connectivity index is 1.72. The Labute approximate surface area is 268 Å². The maximum atomic E-state index is 13.3. The summed E-state index contributed by atoms with van der Waals surface area (Å²) in [4.78, 5) is 25.5. The zero-order valence-corrected chi connectivity index (χ0v) is 28.4. The van der Waals surface area contributed by atoms with Gasteiger partial charge in [-0.3, -0.25) is 9.59 Å². The SMILES string of the molecule is COc1cc2cc(Cl)c1OC1c3ccc(c(Cl)c3C3=C[C@H](O)CC31O)[C@@H](O[Si](C)(C)C(C)(C)C)COC(=O)C[C@@H]2NC(C)=O. The lowest BCUT2D eigenvalue weighted by atomic mass is 9.93. The third-order valence-electron chi connectivity index (χ3n) is 9.16. The van der Waals surface area contributed by atoms with Crippen LogP contribution in [-0.2, 0) is 18.8 Å². The number of carbonyl (C=O) groups is 2. The van der Waals surface area contributed by atoms with Gasteiger partial charge < -0.3 is 34.2 Å². The monoisotopic (exact) mass is 663 g/mol. The number of amides is 1. The van der Waals surface area contributed by atoms with Gasteiger partial charge in [-0.25, -0.2) is 0 Å². The number of esters is 1. The number of methoxy groups -OCH3 is 1. The average molecular weight is 665 g/mol. The number of aliphatic hydroxyl groups excluding tert-OH is 1. The Morgan fingerprint density at radius 1 is 1.18 bits per heavy atom. The summed E-state index contributed by atoms with van der Waals surface area (Å²) in [6.07, 6.45) is -1.25. The fourth-order valence-corrected chi connectivity index (χ4v) is 7.84. The molecule has 0 fully saturated rings. The first-order valence-corrected chi connectivity index (χ1v) is 18.2. The molecule has 0 spiro atoms. The van der Waals surface area contributed by atoms with Crippen molar-refractivity contribution < 1.29 is 38.4 Å². The van der Waals surface area contributed by atoms with E-state index in [1.165, 1.54) is 14.0 Å². The van der Waals surface area contributed by atoms with E-state index in [2.05, 4.69) is 39.2 Å². The molecule has 4 heterocycles. The highest BCUT2D eigenvalue weighted by Gasteiger charge is 2.56. The summed E-state index contributed by atoms with van der Waals surface area (Å²) in [6, 6.07) is 6.05. The van der Waals surface area contributed by atoms with E-state index < -0.39 is 44.2 Å². The lowest BCUT2D eigenvalue weighted by Gasteiger charge is -2.39. The second-order valence-corrected chi connectivity index (χ2v) is 18.8. The van der Waals surface area contributed by atoms with E-state index in [0.717, 1.165) is 0 Å². The Hall–Kier alpha value is -2.60. The first-order chi connectivity index (χ1) is 20.5. The Bertz CT molecular complexity index is 1540. The Morgan fingerprint density at radius 2 is 1.86 bits per heavy atom. The number of rotatable bonds is 4. The molecule has 9 nitrogen and oxygen atoms in total. The number of hydrogen-bond donors (Lipinski definition) is 3. The molecule has 12 heteroatoms. The molecule has 3 N–H and O–H groups in total. The van der Waals surface area contributed by atoms with Crippen molar-refractivity contribution in [2.24, 2.45) is 0 Å². The highest BCUT2D eigenvalue weighted by Crippen LogP contribution is 2.59. The van der Waals surface area contributed by atoms with Gasteiger partial charge in [0.25, 0.3) is 0 Å². The third kappa shape index (κ3) is 5.76. The molecule has 2 aliphatic carbocycles. The topological polar surface area (TPSA) is 124 Å². The number of halogens is 2. The molecule has 0 aromatic heterocycles. The minimum Gasteiger partial charge on any atom is -0.493 e. The van der Waals surface area contributed by atoms with E-state index in [4.69, 9.17) is 41.8 Å². The van der Waals surface area contributed by atoms with Crippen LogP contribution in [0.1, 0.15) is 81.0 Å². The van der Waals surface area contributed by atoms with Gasteiger partial charge in [0.1, 0.15) is 18.3 Å². The van der Waals surface area contributed by atoms with Gasteiger partial charge in [-0.2, -0.15) is 0 Å². The van der Waals surface area contributed by atoms with Crippen molar-refractivity contribution in [2.45, 2.75) is 88.6 Å². The molecule has 4 aliphatic heterocycles. The predicted molar refractivity (Wildman–Crippen MR) is 170 cm³/mol. The first-order valence-electron chi connectivity index (χ1n) is 14.6. The molecule has 2 aromatic rings. The van der Waals surface area contributed by atoms with Crippen LogP contribution >= 0.6 is 23.2 Å². The van der Waals surface area contributed by atoms with Gasteiger partial charge in [0, 0.05) is 30.0 Å². The molecule has 0 saturated heterocycles. The molecule has 8 rings (SSSR count). The number of fused-ring (bicyclic) bond motifs is 1. The van der Waals surface area contributed by atoms with Gasteiger partial charge in [0.15, 0.2) is 25.9 Å². The smallest absolute Gasteiger partial charge is 0.308 e. The van der Waals surface area contributed by atoms with Crippen LogP contribution in [0.5, 0.6) is 11.5 Å². The van der Waals surface area contributed by atoms with Gasteiger partial charge >= 0.3 is 5.97 Å². The van der Waals surface area contributed by atoms with Crippen LogP contribution < -0.4 is 14.8 Å². The van der Waals surface area contributed by atoms with Crippen LogP contribution in [0.2, 0.25) is 28.2 Å². The summed E-state index contributed by atoms with van der Waals surface area (Å²) in [5, 5.41) is 25.9. The Kier molecular flexibility index (Phi) is 8.67. The van der Waals surface area contributed by atoms with Crippen molar-refractivity contribution in [1.82, 2.24) is 5.32 Å². The average Bonchev–Trinajstić information content (AvgIpc) is 3.33. The van der Waals surface area contributed by atoms with E-state index in [-0.39, 0.29) is 46.9 Å². The molecule has 6 bridgehead atoms. The number of carbonyl (C=O) groups excluding carboxylic acids is 2. The number of ether oxygens (including phenoxy) is 3. The van der Waals surface area contributed by atoms with Crippen molar-refractivity contribution in [3.05, 3.63) is 62.6 Å². The van der Waals surface area contributed by atoms with Crippen LogP contribution in [-0.4, -0.2) is 55.8 Å². The standard InChI is InChI=1S/C32H39Cl2NO8Si/c1-16(36)35-23-13-26(38)41-15-25(43-44(6,7)31(2,3)4)19-8-9-20-27(28(19)34)21-12-18(37)14-32(21,39)30(20)42-29-22(33)10-17(23)11-24(29)40-5/h8-12,18,23,25,30,37,39H,13-15H2,1-7H3,(H,35,36)/t18-,23-,25-,30?,32?/m0/s1. The fourth-order valence-electron chi connectivity index (χ4n) is 5.92. The molecule has 1 amide bonds. The van der Waals surface area contributed by atoms with E-state index in [1.54, 1.807) is 24.3 Å². The van der Waals surface area contributed by atoms with Crippen molar-refractivity contribution in [1.29, 1.82) is 0 Å². The largest absolute Gasteiger partial charge is 0.493 e. The van der Waals surface area contributed by atoms with Gasteiger partial charge in [-0.15, -0.1) is 0 Å². The van der Waals surface area contributed by atoms with Crippen LogP contribution in [0.15, 0.2) is 30.3 Å². The maximum Gasteiger partial charge on any atom is 0.308 e. The minimum atomic E-state index is -2.42. The number of benzene rings is 2. The molecule has 44 heavy (non-hydrogen) atoms. The summed E-state index contributed by atoms with van der Waals surface area (Å²) >= 11 is 13.9. The van der Waals surface area contributed by atoms with E-state index in [9.17, 15) is 19.8 Å². The fraction of sp³-hybridized carbons (Fsp3) is 0.500. The molecule has 2 aromatic carbocycles. The second kappa shape index (κ2) is 11.6. The molecule has 0 radical (unpaired) electrons. The quantitative estimate of drug-likeness (QED) is 0.261. The summed E-state index contributed by atoms with van der Waals surface area (Å²) < 4.78 is 24.7.